The molecule has 7 N–H and O–H groups in total. The lowest BCUT2D eigenvalue weighted by Crippen LogP contribution is -2.61. The average Bonchev–Trinajstić information content (AvgIpc) is 3.08. The molecule has 0 aromatic carbocycles. The fourth-order valence-corrected chi connectivity index (χ4v) is 6.56. The van der Waals surface area contributed by atoms with E-state index in [4.69, 9.17) is 14.0 Å². The van der Waals surface area contributed by atoms with E-state index in [0.29, 0.717) is 19.3 Å². The van der Waals surface area contributed by atoms with Crippen LogP contribution in [-0.2, 0) is 28.9 Å². The minimum absolute atomic E-state index is 0.176. The van der Waals surface area contributed by atoms with Crippen molar-refractivity contribution < 1.29 is 57.0 Å². The molecule has 0 aromatic heterocycles. The first-order chi connectivity index (χ1) is 23.9. The van der Waals surface area contributed by atoms with Crippen LogP contribution in [0.25, 0.3) is 0 Å². The van der Waals surface area contributed by atoms with E-state index in [1.165, 1.54) is 64.2 Å². The number of unbranched alkanes of at least 4 members (excludes halogenated alkanes) is 16. The standard InChI is InChI=1S/C36H69NO12S/c1-3-5-7-9-11-13-14-15-16-17-19-20-22-24-29(39)28(37-35(43)30(40)25-23-21-18-12-10-8-6-4-2)27-47-36-33(42)34(49-50(44,45)46)32(41)31(26-38)48-36/h18,21,28-34,36,38-42H,3-17,19-20,22-27H2,1-2H3,(H,37,43)(H,44,45,46)/b21-18-. The number of allylic oxidation sites excluding steroid dienone is 2. The number of nitrogens with one attached hydrogen (secondary N) is 1. The number of carbonyl (C=O) groups excluding carboxylic acids is 1. The van der Waals surface area contributed by atoms with Crippen molar-refractivity contribution in [2.24, 2.45) is 0 Å². The zero-order valence-electron chi connectivity index (χ0n) is 30.6. The smallest absolute Gasteiger partial charge is 0.394 e. The molecule has 1 saturated heterocycles. The third-order valence-corrected chi connectivity index (χ3v) is 9.66. The van der Waals surface area contributed by atoms with Gasteiger partial charge in [0.25, 0.3) is 0 Å². The Labute approximate surface area is 301 Å². The zero-order chi connectivity index (χ0) is 37.2. The molecule has 1 heterocycles. The highest BCUT2D eigenvalue weighted by molar-refractivity contribution is 7.80. The van der Waals surface area contributed by atoms with Gasteiger partial charge in [0, 0.05) is 0 Å². The van der Waals surface area contributed by atoms with Crippen molar-refractivity contribution >= 4 is 16.3 Å². The molecule has 1 fully saturated rings. The van der Waals surface area contributed by atoms with E-state index in [2.05, 4.69) is 23.3 Å². The highest BCUT2D eigenvalue weighted by Crippen LogP contribution is 2.26. The number of hydrogen-bond acceptors (Lipinski definition) is 11. The summed E-state index contributed by atoms with van der Waals surface area (Å²) >= 11 is 0. The summed E-state index contributed by atoms with van der Waals surface area (Å²) in [6, 6.07) is -1.04. The quantitative estimate of drug-likeness (QED) is 0.0295. The number of ether oxygens (including phenoxy) is 2. The first-order valence-corrected chi connectivity index (χ1v) is 20.5. The van der Waals surface area contributed by atoms with Gasteiger partial charge in [-0.05, 0) is 32.1 Å². The average molecular weight is 740 g/mol. The van der Waals surface area contributed by atoms with E-state index < -0.39 is 78.5 Å². The molecule has 8 atom stereocenters. The molecule has 1 aliphatic heterocycles. The Morgan fingerprint density at radius 2 is 1.30 bits per heavy atom. The zero-order valence-corrected chi connectivity index (χ0v) is 31.4. The predicted octanol–water partition coefficient (Wildman–Crippen LogP) is 4.62. The second-order valence-corrected chi connectivity index (χ2v) is 14.7. The molecule has 0 radical (unpaired) electrons. The molecule has 50 heavy (non-hydrogen) atoms. The van der Waals surface area contributed by atoms with Gasteiger partial charge in [-0.15, -0.1) is 0 Å². The van der Waals surface area contributed by atoms with E-state index in [1.54, 1.807) is 0 Å². The van der Waals surface area contributed by atoms with Gasteiger partial charge in [0.1, 0.15) is 30.5 Å². The number of rotatable bonds is 31. The van der Waals surface area contributed by atoms with Crippen LogP contribution in [0.4, 0.5) is 0 Å². The Morgan fingerprint density at radius 3 is 1.84 bits per heavy atom. The summed E-state index contributed by atoms with van der Waals surface area (Å²) in [5.41, 5.74) is 0. The number of aliphatic hydroxyl groups excluding tert-OH is 5. The van der Waals surface area contributed by atoms with E-state index in [0.717, 1.165) is 44.9 Å². The third-order valence-electron chi connectivity index (χ3n) is 9.19. The Morgan fingerprint density at radius 1 is 0.780 bits per heavy atom. The maximum absolute atomic E-state index is 12.9. The highest BCUT2D eigenvalue weighted by Gasteiger charge is 2.48. The largest absolute Gasteiger partial charge is 0.397 e. The van der Waals surface area contributed by atoms with Gasteiger partial charge in [0.2, 0.25) is 5.91 Å². The maximum atomic E-state index is 12.9. The van der Waals surface area contributed by atoms with Crippen LogP contribution in [0, 0.1) is 0 Å². The van der Waals surface area contributed by atoms with Gasteiger partial charge < -0.3 is 40.3 Å². The minimum Gasteiger partial charge on any atom is -0.394 e. The monoisotopic (exact) mass is 739 g/mol. The second-order valence-electron chi connectivity index (χ2n) is 13.7. The van der Waals surface area contributed by atoms with Gasteiger partial charge in [0.15, 0.2) is 6.29 Å². The van der Waals surface area contributed by atoms with Gasteiger partial charge >= 0.3 is 10.4 Å². The van der Waals surface area contributed by atoms with E-state index in [-0.39, 0.29) is 6.42 Å². The minimum atomic E-state index is -5.10. The third kappa shape index (κ3) is 21.4. The molecule has 0 aromatic rings. The first-order valence-electron chi connectivity index (χ1n) is 19.2. The molecule has 14 heteroatoms. The lowest BCUT2D eigenvalue weighted by Gasteiger charge is -2.41. The Kier molecular flexibility index (Phi) is 26.5. The van der Waals surface area contributed by atoms with Crippen LogP contribution in [0.2, 0.25) is 0 Å². The summed E-state index contributed by atoms with van der Waals surface area (Å²) in [5.74, 6) is -0.708. The van der Waals surface area contributed by atoms with Gasteiger partial charge in [-0.25, -0.2) is 4.18 Å². The van der Waals surface area contributed by atoms with Gasteiger partial charge in [0.05, 0.1) is 25.4 Å². The summed E-state index contributed by atoms with van der Waals surface area (Å²) in [4.78, 5) is 12.9. The summed E-state index contributed by atoms with van der Waals surface area (Å²) in [7, 11) is -5.10. The van der Waals surface area contributed by atoms with Crippen LogP contribution in [0.5, 0.6) is 0 Å². The molecule has 0 bridgehead atoms. The lowest BCUT2D eigenvalue weighted by molar-refractivity contribution is -0.298. The normalized spacial score (nSPS) is 23.2. The van der Waals surface area contributed by atoms with Crippen molar-refractivity contribution in [1.29, 1.82) is 0 Å². The molecular formula is C36H69NO12S. The first kappa shape index (κ1) is 46.8. The molecular weight excluding hydrogens is 670 g/mol. The number of amides is 1. The summed E-state index contributed by atoms with van der Waals surface area (Å²) in [6.07, 6.45) is 14.5. The van der Waals surface area contributed by atoms with Crippen LogP contribution < -0.4 is 5.32 Å². The van der Waals surface area contributed by atoms with Crippen LogP contribution in [0.3, 0.4) is 0 Å². The molecule has 296 valence electrons. The van der Waals surface area contributed by atoms with Gasteiger partial charge in [-0.3, -0.25) is 9.35 Å². The van der Waals surface area contributed by atoms with Crippen molar-refractivity contribution in [1.82, 2.24) is 5.32 Å². The molecule has 8 unspecified atom stereocenters. The molecule has 1 rings (SSSR count). The van der Waals surface area contributed by atoms with Crippen LogP contribution in [0.1, 0.15) is 149 Å². The van der Waals surface area contributed by atoms with Crippen molar-refractivity contribution in [2.75, 3.05) is 13.2 Å². The van der Waals surface area contributed by atoms with Crippen molar-refractivity contribution in [3.8, 4) is 0 Å². The molecule has 0 aliphatic carbocycles. The fourth-order valence-electron chi connectivity index (χ4n) is 6.05. The molecule has 1 amide bonds. The maximum Gasteiger partial charge on any atom is 0.397 e. The van der Waals surface area contributed by atoms with Crippen molar-refractivity contribution in [3.63, 3.8) is 0 Å². The summed E-state index contributed by atoms with van der Waals surface area (Å²) < 4.78 is 47.2. The molecule has 13 nitrogen and oxygen atoms in total. The van der Waals surface area contributed by atoms with E-state index in [9.17, 15) is 38.7 Å². The van der Waals surface area contributed by atoms with Crippen molar-refractivity contribution in [3.05, 3.63) is 12.2 Å². The Hall–Kier alpha value is -1.20. The Balaban J connectivity index is 2.70. The van der Waals surface area contributed by atoms with Crippen LogP contribution in [-0.4, -0.2) is 107 Å². The lowest BCUT2D eigenvalue weighted by atomic mass is 9.99. The van der Waals surface area contributed by atoms with Gasteiger partial charge in [-0.1, -0.05) is 129 Å². The number of aliphatic hydroxyl groups is 5. The van der Waals surface area contributed by atoms with Crippen LogP contribution >= 0.6 is 0 Å². The number of carbonyl (C=O) groups is 1. The van der Waals surface area contributed by atoms with Gasteiger partial charge in [-0.2, -0.15) is 8.42 Å². The Bertz CT molecular complexity index is 984. The van der Waals surface area contributed by atoms with E-state index >= 15 is 0 Å². The summed E-state index contributed by atoms with van der Waals surface area (Å²) in [6.45, 7) is 3.16. The summed E-state index contributed by atoms with van der Waals surface area (Å²) in [5, 5.41) is 54.8. The molecule has 0 saturated carbocycles. The second kappa shape index (κ2) is 28.3. The SMILES string of the molecule is CCCCCC/C=C\CCC(O)C(=O)NC(COC1OC(CO)C(O)C(OS(=O)(=O)O)C1O)C(O)CCCCCCCCCCCCCCC. The fraction of sp³-hybridized carbons (Fsp3) is 0.917. The van der Waals surface area contributed by atoms with Crippen LogP contribution in [0.15, 0.2) is 12.2 Å². The molecule has 1 aliphatic rings. The highest BCUT2D eigenvalue weighted by atomic mass is 32.3. The predicted molar refractivity (Wildman–Crippen MR) is 192 cm³/mol. The molecule has 0 spiro atoms. The van der Waals surface area contributed by atoms with Crippen molar-refractivity contribution in [2.45, 2.75) is 198 Å². The number of hydrogen-bond donors (Lipinski definition) is 7. The van der Waals surface area contributed by atoms with E-state index in [1.807, 2.05) is 12.2 Å². The topological polar surface area (TPSA) is 212 Å².